The third-order valence-electron chi connectivity index (χ3n) is 1.76. The quantitative estimate of drug-likeness (QED) is 0.661. The molecule has 1 aromatic heterocycles. The van der Waals surface area contributed by atoms with Crippen molar-refractivity contribution in [2.24, 2.45) is 0 Å². The first-order valence-electron chi connectivity index (χ1n) is 4.27. The standard InChI is InChI=1S/C8H14N4OS/c1-14-3-2-7(13)10-4-6-5-11-12-8(6)9/h5H,2-4H2,1H3,(H,10,13)(H3,9,11,12). The van der Waals surface area contributed by atoms with Gasteiger partial charge in [-0.05, 0) is 6.26 Å². The van der Waals surface area contributed by atoms with Crippen LogP contribution >= 0.6 is 11.8 Å². The Morgan fingerprint density at radius 1 is 1.79 bits per heavy atom. The van der Waals surface area contributed by atoms with Crippen LogP contribution in [0.15, 0.2) is 6.20 Å². The van der Waals surface area contributed by atoms with Crippen molar-refractivity contribution in [1.82, 2.24) is 15.5 Å². The Morgan fingerprint density at radius 3 is 3.14 bits per heavy atom. The molecule has 0 saturated heterocycles. The topological polar surface area (TPSA) is 83.8 Å². The molecule has 0 aliphatic carbocycles. The number of hydrogen-bond acceptors (Lipinski definition) is 4. The van der Waals surface area contributed by atoms with E-state index in [-0.39, 0.29) is 5.91 Å². The van der Waals surface area contributed by atoms with Gasteiger partial charge in [-0.25, -0.2) is 0 Å². The molecule has 0 atom stereocenters. The third kappa shape index (κ3) is 3.29. The van der Waals surface area contributed by atoms with E-state index in [1.807, 2.05) is 6.26 Å². The first kappa shape index (κ1) is 10.9. The van der Waals surface area contributed by atoms with Crippen LogP contribution < -0.4 is 11.1 Å². The lowest BCUT2D eigenvalue weighted by molar-refractivity contribution is -0.120. The van der Waals surface area contributed by atoms with Gasteiger partial charge in [-0.2, -0.15) is 16.9 Å². The molecule has 1 amide bonds. The highest BCUT2D eigenvalue weighted by molar-refractivity contribution is 7.98. The van der Waals surface area contributed by atoms with Crippen LogP contribution in [0.3, 0.4) is 0 Å². The van der Waals surface area contributed by atoms with E-state index in [1.165, 1.54) is 0 Å². The second kappa shape index (κ2) is 5.54. The van der Waals surface area contributed by atoms with E-state index in [0.717, 1.165) is 11.3 Å². The second-order valence-electron chi connectivity index (χ2n) is 2.83. The summed E-state index contributed by atoms with van der Waals surface area (Å²) in [7, 11) is 0. The Kier molecular flexibility index (Phi) is 4.31. The molecule has 1 heterocycles. The van der Waals surface area contributed by atoms with Crippen LogP contribution in [0.1, 0.15) is 12.0 Å². The van der Waals surface area contributed by atoms with Crippen LogP contribution in [0.2, 0.25) is 0 Å². The average molecular weight is 214 g/mol. The fraction of sp³-hybridized carbons (Fsp3) is 0.500. The fourth-order valence-electron chi connectivity index (χ4n) is 0.939. The van der Waals surface area contributed by atoms with E-state index in [1.54, 1.807) is 18.0 Å². The van der Waals surface area contributed by atoms with Crippen molar-refractivity contribution in [2.45, 2.75) is 13.0 Å². The molecule has 1 rings (SSSR count). The van der Waals surface area contributed by atoms with E-state index in [9.17, 15) is 4.79 Å². The maximum Gasteiger partial charge on any atom is 0.221 e. The second-order valence-corrected chi connectivity index (χ2v) is 3.81. The van der Waals surface area contributed by atoms with Gasteiger partial charge in [0, 0.05) is 24.3 Å². The molecule has 0 aromatic carbocycles. The number of aromatic nitrogens is 2. The SMILES string of the molecule is CSCCC(=O)NCc1cn[nH]c1N. The molecule has 0 aliphatic rings. The summed E-state index contributed by atoms with van der Waals surface area (Å²) in [6.07, 6.45) is 4.13. The van der Waals surface area contributed by atoms with Gasteiger partial charge >= 0.3 is 0 Å². The minimum absolute atomic E-state index is 0.0416. The van der Waals surface area contributed by atoms with Crippen LogP contribution in [-0.2, 0) is 11.3 Å². The highest BCUT2D eigenvalue weighted by atomic mass is 32.2. The zero-order valence-electron chi connectivity index (χ0n) is 8.04. The summed E-state index contributed by atoms with van der Waals surface area (Å²) in [6.45, 7) is 0.440. The van der Waals surface area contributed by atoms with E-state index >= 15 is 0 Å². The van der Waals surface area contributed by atoms with Gasteiger partial charge in [0.15, 0.2) is 0 Å². The number of nitrogens with zero attached hydrogens (tertiary/aromatic N) is 1. The van der Waals surface area contributed by atoms with Gasteiger partial charge in [-0.15, -0.1) is 0 Å². The number of anilines is 1. The molecule has 14 heavy (non-hydrogen) atoms. The summed E-state index contributed by atoms with van der Waals surface area (Å²) in [4.78, 5) is 11.2. The number of nitrogen functional groups attached to an aromatic ring is 1. The summed E-state index contributed by atoms with van der Waals surface area (Å²) in [6, 6.07) is 0. The lowest BCUT2D eigenvalue weighted by atomic mass is 10.3. The number of rotatable bonds is 5. The van der Waals surface area contributed by atoms with Crippen molar-refractivity contribution in [3.05, 3.63) is 11.8 Å². The van der Waals surface area contributed by atoms with E-state index < -0.39 is 0 Å². The van der Waals surface area contributed by atoms with Gasteiger partial charge < -0.3 is 11.1 Å². The first-order chi connectivity index (χ1) is 6.74. The van der Waals surface area contributed by atoms with Crippen molar-refractivity contribution in [2.75, 3.05) is 17.7 Å². The third-order valence-corrected chi connectivity index (χ3v) is 2.37. The Labute approximate surface area is 86.8 Å². The van der Waals surface area contributed by atoms with E-state index in [0.29, 0.717) is 18.8 Å². The fourth-order valence-corrected chi connectivity index (χ4v) is 1.33. The number of thioether (sulfide) groups is 1. The van der Waals surface area contributed by atoms with Crippen molar-refractivity contribution >= 4 is 23.5 Å². The monoisotopic (exact) mass is 214 g/mol. The number of nitrogens with two attached hydrogens (primary N) is 1. The van der Waals surface area contributed by atoms with Gasteiger partial charge in [0.25, 0.3) is 0 Å². The largest absolute Gasteiger partial charge is 0.384 e. The van der Waals surface area contributed by atoms with Crippen molar-refractivity contribution in [1.29, 1.82) is 0 Å². The molecule has 0 aliphatic heterocycles. The van der Waals surface area contributed by atoms with Gasteiger partial charge in [0.05, 0.1) is 6.20 Å². The Bertz CT molecular complexity index is 299. The molecule has 4 N–H and O–H groups in total. The Hall–Kier alpha value is -1.17. The highest BCUT2D eigenvalue weighted by Gasteiger charge is 2.03. The maximum atomic E-state index is 11.2. The molecule has 0 spiro atoms. The minimum Gasteiger partial charge on any atom is -0.384 e. The normalized spacial score (nSPS) is 10.1. The lowest BCUT2D eigenvalue weighted by Crippen LogP contribution is -2.23. The van der Waals surface area contributed by atoms with Crippen LogP contribution in [0.5, 0.6) is 0 Å². The number of amides is 1. The van der Waals surface area contributed by atoms with Crippen LogP contribution in [0, 0.1) is 0 Å². The van der Waals surface area contributed by atoms with Gasteiger partial charge in [0.2, 0.25) is 5.91 Å². The summed E-state index contributed by atoms with van der Waals surface area (Å²) in [5, 5.41) is 9.13. The van der Waals surface area contributed by atoms with Crippen molar-refractivity contribution in [3.63, 3.8) is 0 Å². The molecular weight excluding hydrogens is 200 g/mol. The molecular formula is C8H14N4OS. The van der Waals surface area contributed by atoms with Crippen molar-refractivity contribution in [3.8, 4) is 0 Å². The zero-order valence-corrected chi connectivity index (χ0v) is 8.86. The Morgan fingerprint density at radius 2 is 2.57 bits per heavy atom. The van der Waals surface area contributed by atoms with Crippen LogP contribution in [0.25, 0.3) is 0 Å². The number of hydrogen-bond donors (Lipinski definition) is 3. The number of nitrogens with one attached hydrogen (secondary N) is 2. The van der Waals surface area contributed by atoms with Gasteiger partial charge in [-0.3, -0.25) is 9.89 Å². The van der Waals surface area contributed by atoms with E-state index in [4.69, 9.17) is 5.73 Å². The molecule has 6 heteroatoms. The highest BCUT2D eigenvalue weighted by Crippen LogP contribution is 2.04. The van der Waals surface area contributed by atoms with Gasteiger partial charge in [-0.1, -0.05) is 0 Å². The maximum absolute atomic E-state index is 11.2. The first-order valence-corrected chi connectivity index (χ1v) is 5.66. The molecule has 0 radical (unpaired) electrons. The average Bonchev–Trinajstić information content (AvgIpc) is 2.58. The van der Waals surface area contributed by atoms with Crippen LogP contribution in [-0.4, -0.2) is 28.1 Å². The van der Waals surface area contributed by atoms with E-state index in [2.05, 4.69) is 15.5 Å². The predicted molar refractivity (Wildman–Crippen MR) is 57.8 cm³/mol. The smallest absolute Gasteiger partial charge is 0.221 e. The van der Waals surface area contributed by atoms with Crippen LogP contribution in [0.4, 0.5) is 5.82 Å². The summed E-state index contributed by atoms with van der Waals surface area (Å²) in [5.41, 5.74) is 6.38. The number of H-pyrrole nitrogens is 1. The molecule has 0 fully saturated rings. The lowest BCUT2D eigenvalue weighted by Gasteiger charge is -2.02. The summed E-state index contributed by atoms with van der Waals surface area (Å²) >= 11 is 1.65. The molecule has 78 valence electrons. The predicted octanol–water partition coefficient (Wildman–Crippen LogP) is 0.361. The zero-order chi connectivity index (χ0) is 10.4. The molecule has 0 bridgehead atoms. The number of carbonyl (C=O) groups is 1. The number of aromatic amines is 1. The molecule has 0 unspecified atom stereocenters. The molecule has 5 nitrogen and oxygen atoms in total. The van der Waals surface area contributed by atoms with Gasteiger partial charge in [0.1, 0.15) is 5.82 Å². The summed E-state index contributed by atoms with van der Waals surface area (Å²) in [5.74, 6) is 1.39. The Balaban J connectivity index is 2.27. The molecule has 1 aromatic rings. The number of carbonyl (C=O) groups excluding carboxylic acids is 1. The minimum atomic E-state index is 0.0416. The van der Waals surface area contributed by atoms with Crippen molar-refractivity contribution < 1.29 is 4.79 Å². The summed E-state index contributed by atoms with van der Waals surface area (Å²) < 4.78 is 0. The molecule has 0 saturated carbocycles.